The molecule has 2 aliphatic rings. The van der Waals surface area contributed by atoms with Crippen molar-refractivity contribution in [3.63, 3.8) is 0 Å². The van der Waals surface area contributed by atoms with Gasteiger partial charge in [-0.3, -0.25) is 14.6 Å². The summed E-state index contributed by atoms with van der Waals surface area (Å²) in [7, 11) is 1.98. The van der Waals surface area contributed by atoms with Gasteiger partial charge in [-0.25, -0.2) is 4.39 Å². The number of likely N-dealkylation sites (tertiary alicyclic amines) is 2. The molecule has 0 saturated carbocycles. The van der Waals surface area contributed by atoms with Crippen LogP contribution in [-0.4, -0.2) is 64.8 Å². The van der Waals surface area contributed by atoms with E-state index in [0.717, 1.165) is 70.1 Å². The van der Waals surface area contributed by atoms with E-state index >= 15 is 0 Å². The molecule has 174 valence electrons. The van der Waals surface area contributed by atoms with Crippen LogP contribution in [0.2, 0.25) is 0 Å². The Hall–Kier alpha value is -2.41. The number of benzene rings is 1. The fraction of sp³-hybridized carbons (Fsp3) is 0.600. The Morgan fingerprint density at radius 1 is 1.16 bits per heavy atom. The molecule has 2 saturated heterocycles. The predicted octanol–water partition coefficient (Wildman–Crippen LogP) is 3.30. The van der Waals surface area contributed by atoms with Gasteiger partial charge in [0.25, 0.3) is 0 Å². The average molecular weight is 441 g/mol. The zero-order valence-corrected chi connectivity index (χ0v) is 19.5. The summed E-state index contributed by atoms with van der Waals surface area (Å²) < 4.78 is 15.8. The third kappa shape index (κ3) is 6.09. The van der Waals surface area contributed by atoms with Crippen LogP contribution in [0.15, 0.2) is 41.7 Å². The Kier molecular flexibility index (Phi) is 7.79. The number of rotatable bonds is 7. The fourth-order valence-corrected chi connectivity index (χ4v) is 4.94. The normalized spacial score (nSPS) is 20.8. The van der Waals surface area contributed by atoms with Crippen molar-refractivity contribution in [2.45, 2.75) is 39.2 Å². The number of aryl methyl sites for hydroxylation is 1. The molecular formula is C25H37FN6. The molecule has 0 spiro atoms. The van der Waals surface area contributed by atoms with E-state index in [2.05, 4.69) is 33.3 Å². The van der Waals surface area contributed by atoms with Crippen molar-refractivity contribution < 1.29 is 4.39 Å². The van der Waals surface area contributed by atoms with Crippen LogP contribution in [-0.2, 0) is 20.0 Å². The smallest absolute Gasteiger partial charge is 0.193 e. The molecule has 32 heavy (non-hydrogen) atoms. The number of hydrogen-bond donors (Lipinski definition) is 1. The molecule has 2 aromatic rings. The molecule has 2 fully saturated rings. The van der Waals surface area contributed by atoms with Crippen molar-refractivity contribution in [2.24, 2.45) is 23.9 Å². The van der Waals surface area contributed by atoms with Crippen LogP contribution in [0.5, 0.6) is 0 Å². The molecule has 0 bridgehead atoms. The number of hydrogen-bond acceptors (Lipinski definition) is 3. The molecule has 2 aliphatic heterocycles. The molecule has 0 amide bonds. The molecule has 7 heteroatoms. The summed E-state index contributed by atoms with van der Waals surface area (Å²) in [6, 6.07) is 7.12. The zero-order valence-electron chi connectivity index (χ0n) is 19.5. The molecule has 1 atom stereocenters. The lowest BCUT2D eigenvalue weighted by molar-refractivity contribution is 0.178. The van der Waals surface area contributed by atoms with Crippen molar-refractivity contribution in [1.82, 2.24) is 24.9 Å². The lowest BCUT2D eigenvalue weighted by atomic mass is 9.96. The first-order valence-corrected chi connectivity index (χ1v) is 12.1. The Labute approximate surface area is 191 Å². The van der Waals surface area contributed by atoms with E-state index in [1.54, 1.807) is 12.1 Å². The zero-order chi connectivity index (χ0) is 22.3. The molecule has 1 unspecified atom stereocenters. The maximum Gasteiger partial charge on any atom is 0.193 e. The minimum atomic E-state index is -0.0954. The number of nitrogens with zero attached hydrogens (tertiary/aromatic N) is 5. The first kappa shape index (κ1) is 22.8. The second kappa shape index (κ2) is 10.9. The fourth-order valence-electron chi connectivity index (χ4n) is 4.94. The van der Waals surface area contributed by atoms with Gasteiger partial charge in [0.1, 0.15) is 5.82 Å². The Morgan fingerprint density at radius 3 is 2.66 bits per heavy atom. The van der Waals surface area contributed by atoms with Crippen LogP contribution in [0.4, 0.5) is 4.39 Å². The molecule has 0 aliphatic carbocycles. The maximum atomic E-state index is 13.9. The van der Waals surface area contributed by atoms with E-state index in [-0.39, 0.29) is 5.82 Å². The minimum Gasteiger partial charge on any atom is -0.357 e. The SMILES string of the molecule is CCNC(=NCC1CCN(Cc2ccccc2F)CC1)N1CCC(Cc2cnn(C)c2)C1. The van der Waals surface area contributed by atoms with Crippen molar-refractivity contribution in [3.8, 4) is 0 Å². The third-order valence-electron chi connectivity index (χ3n) is 6.76. The quantitative estimate of drug-likeness (QED) is 0.530. The van der Waals surface area contributed by atoms with Gasteiger partial charge in [-0.15, -0.1) is 0 Å². The number of nitrogens with one attached hydrogen (secondary N) is 1. The van der Waals surface area contributed by atoms with Gasteiger partial charge in [0.05, 0.1) is 6.20 Å². The standard InChI is InChI=1S/C25H37FN6/c1-3-27-25(32-13-10-21(18-32)14-22-16-29-30(2)17-22)28-15-20-8-11-31(12-9-20)19-23-6-4-5-7-24(23)26/h4-7,16-17,20-21H,3,8-15,18-19H2,1-2H3,(H,27,28). The monoisotopic (exact) mass is 440 g/mol. The topological polar surface area (TPSA) is 48.7 Å². The van der Waals surface area contributed by atoms with Gasteiger partial charge >= 0.3 is 0 Å². The summed E-state index contributed by atoms with van der Waals surface area (Å²) in [6.07, 6.45) is 8.65. The molecule has 1 aromatic heterocycles. The van der Waals surface area contributed by atoms with Gasteiger partial charge in [-0.05, 0) is 69.2 Å². The summed E-state index contributed by atoms with van der Waals surface area (Å²) in [6.45, 7) is 8.77. The van der Waals surface area contributed by atoms with E-state index in [1.165, 1.54) is 12.0 Å². The van der Waals surface area contributed by atoms with Crippen LogP contribution in [0.3, 0.4) is 0 Å². The van der Waals surface area contributed by atoms with Crippen LogP contribution >= 0.6 is 0 Å². The van der Waals surface area contributed by atoms with Gasteiger partial charge in [-0.2, -0.15) is 5.10 Å². The average Bonchev–Trinajstić information content (AvgIpc) is 3.43. The molecule has 6 nitrogen and oxygen atoms in total. The van der Waals surface area contributed by atoms with Crippen molar-refractivity contribution in [2.75, 3.05) is 39.3 Å². The van der Waals surface area contributed by atoms with Gasteiger partial charge in [0.15, 0.2) is 5.96 Å². The van der Waals surface area contributed by atoms with Gasteiger partial charge in [0.2, 0.25) is 0 Å². The first-order chi connectivity index (χ1) is 15.6. The highest BCUT2D eigenvalue weighted by Gasteiger charge is 2.26. The van der Waals surface area contributed by atoms with Crippen LogP contribution in [0.25, 0.3) is 0 Å². The van der Waals surface area contributed by atoms with Gasteiger partial charge in [-0.1, -0.05) is 18.2 Å². The first-order valence-electron chi connectivity index (χ1n) is 12.1. The third-order valence-corrected chi connectivity index (χ3v) is 6.76. The highest BCUT2D eigenvalue weighted by atomic mass is 19.1. The molecule has 1 aromatic carbocycles. The Morgan fingerprint density at radius 2 is 1.94 bits per heavy atom. The van der Waals surface area contributed by atoms with Crippen LogP contribution < -0.4 is 5.32 Å². The van der Waals surface area contributed by atoms with Crippen molar-refractivity contribution in [3.05, 3.63) is 53.6 Å². The number of aliphatic imine (C=N–C) groups is 1. The second-order valence-corrected chi connectivity index (χ2v) is 9.33. The Bertz CT molecular complexity index is 886. The van der Waals surface area contributed by atoms with E-state index in [9.17, 15) is 4.39 Å². The summed E-state index contributed by atoms with van der Waals surface area (Å²) in [5.74, 6) is 2.23. The van der Waals surface area contributed by atoms with E-state index in [4.69, 9.17) is 4.99 Å². The summed E-state index contributed by atoms with van der Waals surface area (Å²) in [4.78, 5) is 9.82. The summed E-state index contributed by atoms with van der Waals surface area (Å²) in [5, 5.41) is 7.81. The molecule has 1 N–H and O–H groups in total. The van der Waals surface area contributed by atoms with Gasteiger partial charge in [0, 0.05) is 51.5 Å². The second-order valence-electron chi connectivity index (χ2n) is 9.33. The maximum absolute atomic E-state index is 13.9. The minimum absolute atomic E-state index is 0.0954. The van der Waals surface area contributed by atoms with E-state index in [0.29, 0.717) is 18.4 Å². The lowest BCUT2D eigenvalue weighted by Gasteiger charge is -2.31. The number of guanidine groups is 1. The Balaban J connectivity index is 1.25. The van der Waals surface area contributed by atoms with Crippen LogP contribution in [0, 0.1) is 17.7 Å². The number of aromatic nitrogens is 2. The van der Waals surface area contributed by atoms with Crippen molar-refractivity contribution >= 4 is 5.96 Å². The van der Waals surface area contributed by atoms with Crippen molar-refractivity contribution in [1.29, 1.82) is 0 Å². The molecule has 3 heterocycles. The highest BCUT2D eigenvalue weighted by Crippen LogP contribution is 2.23. The van der Waals surface area contributed by atoms with Gasteiger partial charge < -0.3 is 10.2 Å². The lowest BCUT2D eigenvalue weighted by Crippen LogP contribution is -2.41. The largest absolute Gasteiger partial charge is 0.357 e. The van der Waals surface area contributed by atoms with Crippen LogP contribution in [0.1, 0.15) is 37.3 Å². The molecular weight excluding hydrogens is 403 g/mol. The van der Waals surface area contributed by atoms with E-state index < -0.39 is 0 Å². The van der Waals surface area contributed by atoms with E-state index in [1.807, 2.05) is 30.1 Å². The number of piperidine rings is 1. The summed E-state index contributed by atoms with van der Waals surface area (Å²) in [5.41, 5.74) is 2.12. The molecule has 0 radical (unpaired) electrons. The summed E-state index contributed by atoms with van der Waals surface area (Å²) >= 11 is 0. The molecule has 4 rings (SSSR count). The predicted molar refractivity (Wildman–Crippen MR) is 127 cm³/mol. The number of halogens is 1. The highest BCUT2D eigenvalue weighted by molar-refractivity contribution is 5.80.